The molecule has 1 fully saturated rings. The van der Waals surface area contributed by atoms with Gasteiger partial charge in [-0.25, -0.2) is 9.37 Å². The van der Waals surface area contributed by atoms with Crippen molar-refractivity contribution in [2.24, 2.45) is 0 Å². The van der Waals surface area contributed by atoms with E-state index < -0.39 is 5.82 Å². The van der Waals surface area contributed by atoms with E-state index >= 15 is 0 Å². The van der Waals surface area contributed by atoms with Gasteiger partial charge >= 0.3 is 0 Å². The highest BCUT2D eigenvalue weighted by molar-refractivity contribution is 7.12. The van der Waals surface area contributed by atoms with Gasteiger partial charge in [0.05, 0.1) is 22.3 Å². The zero-order valence-electron chi connectivity index (χ0n) is 16.3. The van der Waals surface area contributed by atoms with Crippen LogP contribution in [-0.4, -0.2) is 47.9 Å². The minimum atomic E-state index is -0.495. The fourth-order valence-electron chi connectivity index (χ4n) is 3.40. The summed E-state index contributed by atoms with van der Waals surface area (Å²) in [6.45, 7) is 2.41. The van der Waals surface area contributed by atoms with Crippen molar-refractivity contribution in [3.05, 3.63) is 76.4 Å². The van der Waals surface area contributed by atoms with E-state index in [4.69, 9.17) is 0 Å². The van der Waals surface area contributed by atoms with E-state index in [9.17, 15) is 14.0 Å². The second-order valence-electron chi connectivity index (χ2n) is 6.95. The molecule has 0 spiro atoms. The zero-order valence-corrected chi connectivity index (χ0v) is 17.1. The Hall–Kier alpha value is -3.26. The van der Waals surface area contributed by atoms with E-state index in [1.807, 2.05) is 23.6 Å². The highest BCUT2D eigenvalue weighted by Gasteiger charge is 2.22. The number of pyridine rings is 1. The summed E-state index contributed by atoms with van der Waals surface area (Å²) in [6, 6.07) is 13.4. The molecule has 1 aromatic carbocycles. The molecule has 0 aliphatic carbocycles. The molecule has 0 unspecified atom stereocenters. The molecule has 1 saturated heterocycles. The molecule has 1 N–H and O–H groups in total. The number of carbonyl (C=O) groups excluding carboxylic acids is 2. The maximum Gasteiger partial charge on any atom is 0.265 e. The Bertz CT molecular complexity index is 1020. The molecule has 4 rings (SSSR count). The van der Waals surface area contributed by atoms with E-state index in [0.717, 1.165) is 18.8 Å². The number of anilines is 2. The third-order valence-electron chi connectivity index (χ3n) is 4.96. The molecular weight excluding hydrogens is 403 g/mol. The molecule has 6 nitrogen and oxygen atoms in total. The summed E-state index contributed by atoms with van der Waals surface area (Å²) < 4.78 is 14.0. The molecule has 0 saturated carbocycles. The topological polar surface area (TPSA) is 65.5 Å². The molecule has 0 bridgehead atoms. The van der Waals surface area contributed by atoms with Gasteiger partial charge in [0, 0.05) is 26.2 Å². The van der Waals surface area contributed by atoms with Crippen molar-refractivity contribution in [2.75, 3.05) is 36.4 Å². The monoisotopic (exact) mass is 424 g/mol. The summed E-state index contributed by atoms with van der Waals surface area (Å²) >= 11 is 1.38. The first-order valence-corrected chi connectivity index (χ1v) is 10.6. The molecule has 0 atom stereocenters. The van der Waals surface area contributed by atoms with Crippen molar-refractivity contribution in [2.45, 2.75) is 6.42 Å². The third-order valence-corrected chi connectivity index (χ3v) is 5.83. The summed E-state index contributed by atoms with van der Waals surface area (Å²) in [5.41, 5.74) is 0.734. The van der Waals surface area contributed by atoms with Crippen LogP contribution in [0.25, 0.3) is 0 Å². The van der Waals surface area contributed by atoms with Crippen molar-refractivity contribution in [1.82, 2.24) is 9.88 Å². The quantitative estimate of drug-likeness (QED) is 0.690. The van der Waals surface area contributed by atoms with Crippen LogP contribution in [0.2, 0.25) is 0 Å². The van der Waals surface area contributed by atoms with Gasteiger partial charge in [0.2, 0.25) is 0 Å². The second kappa shape index (κ2) is 9.04. The van der Waals surface area contributed by atoms with Gasteiger partial charge in [0.25, 0.3) is 11.8 Å². The van der Waals surface area contributed by atoms with E-state index in [2.05, 4.69) is 15.2 Å². The molecule has 8 heteroatoms. The number of rotatable bonds is 4. The Labute approximate surface area is 178 Å². The zero-order chi connectivity index (χ0) is 20.9. The van der Waals surface area contributed by atoms with Crippen LogP contribution in [0.5, 0.6) is 0 Å². The van der Waals surface area contributed by atoms with Gasteiger partial charge in [-0.1, -0.05) is 18.2 Å². The number of hydrogen-bond acceptors (Lipinski definition) is 5. The summed E-state index contributed by atoms with van der Waals surface area (Å²) in [5, 5.41) is 4.69. The first-order valence-electron chi connectivity index (χ1n) is 9.71. The Morgan fingerprint density at radius 2 is 1.87 bits per heavy atom. The van der Waals surface area contributed by atoms with Crippen LogP contribution in [0.15, 0.2) is 60.1 Å². The van der Waals surface area contributed by atoms with E-state index in [-0.39, 0.29) is 17.4 Å². The molecule has 1 aliphatic rings. The summed E-state index contributed by atoms with van der Waals surface area (Å²) in [6.07, 6.45) is 2.40. The smallest absolute Gasteiger partial charge is 0.265 e. The van der Waals surface area contributed by atoms with E-state index in [0.29, 0.717) is 30.2 Å². The number of aromatic nitrogens is 1. The Morgan fingerprint density at radius 1 is 1.00 bits per heavy atom. The van der Waals surface area contributed by atoms with Crippen LogP contribution < -0.4 is 10.2 Å². The lowest BCUT2D eigenvalue weighted by Gasteiger charge is -2.23. The van der Waals surface area contributed by atoms with Gasteiger partial charge in [-0.3, -0.25) is 9.59 Å². The lowest BCUT2D eigenvalue weighted by atomic mass is 10.2. The summed E-state index contributed by atoms with van der Waals surface area (Å²) in [7, 11) is 0. The predicted octanol–water partition coefficient (Wildman–Crippen LogP) is 3.89. The SMILES string of the molecule is O=C(Nc1ccc(N2CCCN(C(=O)c3ccccc3F)CC2)nc1)c1cccs1. The highest BCUT2D eigenvalue weighted by Crippen LogP contribution is 2.19. The number of hydrogen-bond donors (Lipinski definition) is 1. The first kappa shape index (κ1) is 20.0. The van der Waals surface area contributed by atoms with Gasteiger partial charge in [0.15, 0.2) is 0 Å². The number of halogens is 1. The maximum atomic E-state index is 14.0. The van der Waals surface area contributed by atoms with E-state index in [1.54, 1.807) is 29.3 Å². The molecule has 2 amide bonds. The van der Waals surface area contributed by atoms with Crippen molar-refractivity contribution in [1.29, 1.82) is 0 Å². The van der Waals surface area contributed by atoms with Crippen molar-refractivity contribution in [3.8, 4) is 0 Å². The average Bonchev–Trinajstić information content (AvgIpc) is 3.19. The van der Waals surface area contributed by atoms with Gasteiger partial charge in [-0.15, -0.1) is 11.3 Å². The van der Waals surface area contributed by atoms with Crippen LogP contribution in [0.1, 0.15) is 26.5 Å². The predicted molar refractivity (Wildman–Crippen MR) is 116 cm³/mol. The number of carbonyl (C=O) groups is 2. The van der Waals surface area contributed by atoms with Crippen LogP contribution in [0.3, 0.4) is 0 Å². The number of nitrogens with one attached hydrogen (secondary N) is 1. The molecule has 154 valence electrons. The fourth-order valence-corrected chi connectivity index (χ4v) is 4.02. The minimum absolute atomic E-state index is 0.106. The van der Waals surface area contributed by atoms with Crippen molar-refractivity contribution in [3.63, 3.8) is 0 Å². The Kier molecular flexibility index (Phi) is 6.04. The fraction of sp³-hybridized carbons (Fsp3) is 0.227. The summed E-state index contributed by atoms with van der Waals surface area (Å²) in [5.74, 6) is -0.152. The number of thiophene rings is 1. The van der Waals surface area contributed by atoms with Gasteiger partial charge in [-0.05, 0) is 42.1 Å². The minimum Gasteiger partial charge on any atom is -0.355 e. The number of amides is 2. The van der Waals surface area contributed by atoms with Gasteiger partial charge in [-0.2, -0.15) is 0 Å². The summed E-state index contributed by atoms with van der Waals surface area (Å²) in [4.78, 5) is 33.7. The Morgan fingerprint density at radius 3 is 2.60 bits per heavy atom. The van der Waals surface area contributed by atoms with Crippen LogP contribution in [0.4, 0.5) is 15.9 Å². The second-order valence-corrected chi connectivity index (χ2v) is 7.90. The van der Waals surface area contributed by atoms with Gasteiger partial charge in [0.1, 0.15) is 11.6 Å². The first-order chi connectivity index (χ1) is 14.6. The molecule has 3 aromatic rings. The molecule has 1 aliphatic heterocycles. The standard InChI is InChI=1S/C22H21FN4O2S/c23-18-6-2-1-5-17(18)22(29)27-11-4-10-26(12-13-27)20-9-8-16(15-24-20)25-21(28)19-7-3-14-30-19/h1-3,5-9,14-15H,4,10-13H2,(H,25,28). The molecule has 2 aromatic heterocycles. The molecule has 3 heterocycles. The largest absolute Gasteiger partial charge is 0.355 e. The van der Waals surface area contributed by atoms with Crippen LogP contribution >= 0.6 is 11.3 Å². The van der Waals surface area contributed by atoms with Gasteiger partial charge < -0.3 is 15.1 Å². The van der Waals surface area contributed by atoms with Crippen LogP contribution in [0, 0.1) is 5.82 Å². The normalized spacial score (nSPS) is 14.3. The molecular formula is C22H21FN4O2S. The average molecular weight is 425 g/mol. The van der Waals surface area contributed by atoms with Crippen molar-refractivity contribution >= 4 is 34.7 Å². The maximum absolute atomic E-state index is 14.0. The number of nitrogens with zero attached hydrogens (tertiary/aromatic N) is 3. The molecule has 30 heavy (non-hydrogen) atoms. The lowest BCUT2D eigenvalue weighted by molar-refractivity contribution is 0.0762. The lowest BCUT2D eigenvalue weighted by Crippen LogP contribution is -2.35. The molecule has 0 radical (unpaired) electrons. The Balaban J connectivity index is 1.38. The van der Waals surface area contributed by atoms with Crippen LogP contribution in [-0.2, 0) is 0 Å². The van der Waals surface area contributed by atoms with E-state index in [1.165, 1.54) is 23.5 Å². The number of benzene rings is 1. The highest BCUT2D eigenvalue weighted by atomic mass is 32.1. The third kappa shape index (κ3) is 4.49. The van der Waals surface area contributed by atoms with Crippen molar-refractivity contribution < 1.29 is 14.0 Å².